The second-order valence-corrected chi connectivity index (χ2v) is 6.83. The predicted molar refractivity (Wildman–Crippen MR) is 75.6 cm³/mol. The molecule has 1 N–H and O–H groups in total. The van der Waals surface area contributed by atoms with Crippen molar-refractivity contribution in [1.82, 2.24) is 5.32 Å². The second-order valence-electron chi connectivity index (χ2n) is 4.55. The van der Waals surface area contributed by atoms with E-state index in [9.17, 15) is 0 Å². The monoisotopic (exact) mass is 255 g/mol. The Balaban J connectivity index is 1.88. The van der Waals surface area contributed by atoms with Gasteiger partial charge in [-0.2, -0.15) is 11.8 Å². The number of rotatable bonds is 5. The van der Waals surface area contributed by atoms with E-state index in [0.29, 0.717) is 6.04 Å². The summed E-state index contributed by atoms with van der Waals surface area (Å²) in [6.45, 7) is 2.22. The smallest absolute Gasteiger partial charge is 0.0506 e. The van der Waals surface area contributed by atoms with Crippen LogP contribution in [0.4, 0.5) is 0 Å². The van der Waals surface area contributed by atoms with E-state index >= 15 is 0 Å². The van der Waals surface area contributed by atoms with Crippen molar-refractivity contribution in [2.45, 2.75) is 43.9 Å². The standard InChI is InChI=1S/C13H21NS2/c1-10-7-8-15-13(10)12(14-2)9-16-11-5-3-4-6-11/h7-8,11-12,14H,3-6,9H2,1-2H3. The van der Waals surface area contributed by atoms with Gasteiger partial charge >= 0.3 is 0 Å². The van der Waals surface area contributed by atoms with Crippen LogP contribution in [0, 0.1) is 6.92 Å². The lowest BCUT2D eigenvalue weighted by Gasteiger charge is -2.18. The zero-order chi connectivity index (χ0) is 11.4. The summed E-state index contributed by atoms with van der Waals surface area (Å²) in [5.41, 5.74) is 1.44. The summed E-state index contributed by atoms with van der Waals surface area (Å²) in [5, 5.41) is 6.59. The molecule has 3 heteroatoms. The van der Waals surface area contributed by atoms with Gasteiger partial charge < -0.3 is 5.32 Å². The first-order valence-corrected chi connectivity index (χ1v) is 8.07. The highest BCUT2D eigenvalue weighted by Crippen LogP contribution is 2.33. The van der Waals surface area contributed by atoms with Gasteiger partial charge in [0.1, 0.15) is 0 Å². The Bertz CT molecular complexity index is 315. The van der Waals surface area contributed by atoms with Crippen molar-refractivity contribution in [3.63, 3.8) is 0 Å². The van der Waals surface area contributed by atoms with Crippen molar-refractivity contribution in [2.24, 2.45) is 0 Å². The highest BCUT2D eigenvalue weighted by Gasteiger charge is 2.19. The molecular formula is C13H21NS2. The average Bonchev–Trinajstić information content (AvgIpc) is 2.92. The highest BCUT2D eigenvalue weighted by molar-refractivity contribution is 7.99. The molecule has 1 aliphatic carbocycles. The molecule has 1 aromatic rings. The summed E-state index contributed by atoms with van der Waals surface area (Å²) in [7, 11) is 2.08. The molecule has 1 aliphatic rings. The minimum absolute atomic E-state index is 0.547. The molecule has 0 saturated heterocycles. The SMILES string of the molecule is CNC(CSC1CCCC1)c1sccc1C. The predicted octanol–water partition coefficient (Wildman–Crippen LogP) is 3.99. The molecule has 1 heterocycles. The highest BCUT2D eigenvalue weighted by atomic mass is 32.2. The minimum Gasteiger partial charge on any atom is -0.312 e. The molecular weight excluding hydrogens is 234 g/mol. The van der Waals surface area contributed by atoms with Gasteiger partial charge in [-0.1, -0.05) is 12.8 Å². The summed E-state index contributed by atoms with van der Waals surface area (Å²) in [6, 6.07) is 2.77. The topological polar surface area (TPSA) is 12.0 Å². The van der Waals surface area contributed by atoms with Gasteiger partial charge in [0.2, 0.25) is 0 Å². The fourth-order valence-electron chi connectivity index (χ4n) is 2.32. The van der Waals surface area contributed by atoms with Gasteiger partial charge in [0.05, 0.1) is 6.04 Å². The van der Waals surface area contributed by atoms with Crippen molar-refractivity contribution in [3.8, 4) is 0 Å². The van der Waals surface area contributed by atoms with Crippen LogP contribution in [0.15, 0.2) is 11.4 Å². The van der Waals surface area contributed by atoms with E-state index < -0.39 is 0 Å². The largest absolute Gasteiger partial charge is 0.312 e. The van der Waals surface area contributed by atoms with E-state index in [2.05, 4.69) is 42.5 Å². The molecule has 0 spiro atoms. The molecule has 0 radical (unpaired) electrons. The van der Waals surface area contributed by atoms with E-state index in [1.807, 2.05) is 11.3 Å². The Hall–Kier alpha value is 0.0100. The Morgan fingerprint density at radius 3 is 2.81 bits per heavy atom. The quantitative estimate of drug-likeness (QED) is 0.853. The minimum atomic E-state index is 0.547. The van der Waals surface area contributed by atoms with Crippen molar-refractivity contribution >= 4 is 23.1 Å². The lowest BCUT2D eigenvalue weighted by atomic mass is 10.2. The van der Waals surface area contributed by atoms with Gasteiger partial charge in [0, 0.05) is 15.9 Å². The van der Waals surface area contributed by atoms with Crippen LogP contribution < -0.4 is 5.32 Å². The van der Waals surface area contributed by atoms with E-state index in [1.54, 1.807) is 0 Å². The van der Waals surface area contributed by atoms with Gasteiger partial charge in [-0.15, -0.1) is 11.3 Å². The van der Waals surface area contributed by atoms with Crippen molar-refractivity contribution < 1.29 is 0 Å². The van der Waals surface area contributed by atoms with Crippen LogP contribution in [-0.2, 0) is 0 Å². The van der Waals surface area contributed by atoms with Gasteiger partial charge in [-0.25, -0.2) is 0 Å². The molecule has 1 nitrogen and oxygen atoms in total. The zero-order valence-corrected chi connectivity index (χ0v) is 11.8. The van der Waals surface area contributed by atoms with E-state index in [1.165, 1.54) is 41.9 Å². The average molecular weight is 255 g/mol. The molecule has 0 aliphatic heterocycles. The molecule has 1 atom stereocenters. The van der Waals surface area contributed by atoms with Crippen LogP contribution in [0.2, 0.25) is 0 Å². The summed E-state index contributed by atoms with van der Waals surface area (Å²) in [5.74, 6) is 1.22. The summed E-state index contributed by atoms with van der Waals surface area (Å²) >= 11 is 4.06. The van der Waals surface area contributed by atoms with Gasteiger partial charge in [0.25, 0.3) is 0 Å². The van der Waals surface area contributed by atoms with Crippen molar-refractivity contribution in [3.05, 3.63) is 21.9 Å². The molecule has 90 valence electrons. The van der Waals surface area contributed by atoms with Crippen LogP contribution in [-0.4, -0.2) is 18.1 Å². The maximum atomic E-state index is 3.46. The molecule has 1 saturated carbocycles. The molecule has 16 heavy (non-hydrogen) atoms. The molecule has 0 amide bonds. The molecule has 2 rings (SSSR count). The third kappa shape index (κ3) is 3.02. The van der Waals surface area contributed by atoms with Crippen LogP contribution in [0.5, 0.6) is 0 Å². The Morgan fingerprint density at radius 2 is 2.25 bits per heavy atom. The van der Waals surface area contributed by atoms with Crippen molar-refractivity contribution in [2.75, 3.05) is 12.8 Å². The maximum absolute atomic E-state index is 3.46. The Labute approximate surface area is 107 Å². The first-order chi connectivity index (χ1) is 7.81. The summed E-state index contributed by atoms with van der Waals surface area (Å²) in [4.78, 5) is 1.52. The molecule has 1 fully saturated rings. The third-order valence-corrected chi connectivity index (χ3v) is 5.97. The fourth-order valence-corrected chi connectivity index (χ4v) is 4.93. The molecule has 1 aromatic heterocycles. The molecule has 0 bridgehead atoms. The Morgan fingerprint density at radius 1 is 1.50 bits per heavy atom. The van der Waals surface area contributed by atoms with Gasteiger partial charge in [0.15, 0.2) is 0 Å². The Kier molecular flexibility index (Phi) is 4.74. The normalized spacial score (nSPS) is 19.1. The lowest BCUT2D eigenvalue weighted by molar-refractivity contribution is 0.668. The van der Waals surface area contributed by atoms with Gasteiger partial charge in [-0.05, 0) is 43.8 Å². The van der Waals surface area contributed by atoms with Crippen LogP contribution >= 0.6 is 23.1 Å². The number of aryl methyl sites for hydroxylation is 1. The summed E-state index contributed by atoms with van der Waals surface area (Å²) < 4.78 is 0. The molecule has 0 aromatic carbocycles. The maximum Gasteiger partial charge on any atom is 0.0506 e. The number of hydrogen-bond donors (Lipinski definition) is 1. The fraction of sp³-hybridized carbons (Fsp3) is 0.692. The van der Waals surface area contributed by atoms with Crippen LogP contribution in [0.3, 0.4) is 0 Å². The third-order valence-electron chi connectivity index (χ3n) is 3.37. The number of thioether (sulfide) groups is 1. The zero-order valence-electron chi connectivity index (χ0n) is 10.2. The summed E-state index contributed by atoms with van der Waals surface area (Å²) in [6.07, 6.45) is 5.76. The second kappa shape index (κ2) is 6.08. The van der Waals surface area contributed by atoms with Crippen LogP contribution in [0.25, 0.3) is 0 Å². The molecule has 1 unspecified atom stereocenters. The first-order valence-electron chi connectivity index (χ1n) is 6.14. The van der Waals surface area contributed by atoms with Crippen molar-refractivity contribution in [1.29, 1.82) is 0 Å². The number of thiophene rings is 1. The first kappa shape index (κ1) is 12.5. The van der Waals surface area contributed by atoms with E-state index in [4.69, 9.17) is 0 Å². The van der Waals surface area contributed by atoms with Crippen LogP contribution in [0.1, 0.15) is 42.2 Å². The van der Waals surface area contributed by atoms with E-state index in [0.717, 1.165) is 5.25 Å². The number of nitrogens with one attached hydrogen (secondary N) is 1. The van der Waals surface area contributed by atoms with Gasteiger partial charge in [-0.3, -0.25) is 0 Å². The number of hydrogen-bond acceptors (Lipinski definition) is 3. The lowest BCUT2D eigenvalue weighted by Crippen LogP contribution is -2.19. The van der Waals surface area contributed by atoms with E-state index in [-0.39, 0.29) is 0 Å².